The van der Waals surface area contributed by atoms with Gasteiger partial charge in [0, 0.05) is 5.56 Å². The van der Waals surface area contributed by atoms with Crippen molar-refractivity contribution in [2.24, 2.45) is 0 Å². The minimum atomic E-state index is -0.274. The molecular formula is C22H17ClN6O3S. The van der Waals surface area contributed by atoms with E-state index in [4.69, 9.17) is 20.9 Å². The molecule has 9 nitrogen and oxygen atoms in total. The molecule has 0 spiro atoms. The van der Waals surface area contributed by atoms with Gasteiger partial charge in [0.1, 0.15) is 11.1 Å². The van der Waals surface area contributed by atoms with Gasteiger partial charge in [-0.25, -0.2) is 4.98 Å². The number of methoxy groups -OCH3 is 1. The highest BCUT2D eigenvalue weighted by atomic mass is 35.5. The Hall–Kier alpha value is -3.63. The molecule has 0 radical (unpaired) electrons. The van der Waals surface area contributed by atoms with Crippen molar-refractivity contribution in [1.29, 1.82) is 0 Å². The summed E-state index contributed by atoms with van der Waals surface area (Å²) in [7, 11) is 1.53. The third-order valence-corrected chi connectivity index (χ3v) is 6.24. The van der Waals surface area contributed by atoms with Crippen LogP contribution in [0.1, 0.15) is 11.5 Å². The highest BCUT2D eigenvalue weighted by Gasteiger charge is 2.18. The highest BCUT2D eigenvalue weighted by Crippen LogP contribution is 2.30. The molecule has 166 valence electrons. The quantitative estimate of drug-likeness (QED) is 0.281. The van der Waals surface area contributed by atoms with Gasteiger partial charge in [-0.2, -0.15) is 10.1 Å². The first-order valence-corrected chi connectivity index (χ1v) is 11.2. The Morgan fingerprint density at radius 1 is 1.21 bits per heavy atom. The number of hydrogen-bond acceptors (Lipinski definition) is 8. The fraction of sp³-hybridized carbons (Fsp3) is 0.136. The molecule has 3 aromatic heterocycles. The number of benzene rings is 2. The predicted octanol–water partition coefficient (Wildman–Crippen LogP) is 4.42. The Kier molecular flexibility index (Phi) is 5.61. The van der Waals surface area contributed by atoms with Crippen LogP contribution in [0.4, 0.5) is 0 Å². The van der Waals surface area contributed by atoms with E-state index in [0.29, 0.717) is 50.1 Å². The summed E-state index contributed by atoms with van der Waals surface area (Å²) in [6, 6.07) is 12.9. The number of aromatic nitrogens is 6. The minimum Gasteiger partial charge on any atom is -0.495 e. The molecule has 0 unspecified atom stereocenters. The van der Waals surface area contributed by atoms with Crippen molar-refractivity contribution in [2.45, 2.75) is 17.8 Å². The summed E-state index contributed by atoms with van der Waals surface area (Å²) in [5.74, 6) is 1.75. The molecule has 5 rings (SSSR count). The van der Waals surface area contributed by atoms with Gasteiger partial charge in [0.05, 0.1) is 29.8 Å². The summed E-state index contributed by atoms with van der Waals surface area (Å²) in [6.07, 6.45) is 1.45. The molecule has 0 saturated heterocycles. The van der Waals surface area contributed by atoms with Crippen molar-refractivity contribution in [2.75, 3.05) is 7.11 Å². The summed E-state index contributed by atoms with van der Waals surface area (Å²) in [4.78, 5) is 22.3. The zero-order valence-electron chi connectivity index (χ0n) is 17.6. The summed E-state index contributed by atoms with van der Waals surface area (Å²) < 4.78 is 12.1. The fourth-order valence-corrected chi connectivity index (χ4v) is 4.46. The summed E-state index contributed by atoms with van der Waals surface area (Å²) in [5, 5.41) is 12.0. The third kappa shape index (κ3) is 3.98. The Bertz CT molecular complexity index is 1530. The smallest absolute Gasteiger partial charge is 0.269 e. The van der Waals surface area contributed by atoms with Crippen LogP contribution in [0.3, 0.4) is 0 Å². The second kappa shape index (κ2) is 8.72. The zero-order valence-corrected chi connectivity index (χ0v) is 19.1. The van der Waals surface area contributed by atoms with Crippen molar-refractivity contribution < 1.29 is 9.26 Å². The molecule has 0 amide bonds. The van der Waals surface area contributed by atoms with Crippen LogP contribution in [0.25, 0.3) is 28.1 Å². The van der Waals surface area contributed by atoms with Crippen LogP contribution < -0.4 is 10.3 Å². The molecule has 5 aromatic rings. The van der Waals surface area contributed by atoms with Crippen LogP contribution in [0, 0.1) is 6.92 Å². The lowest BCUT2D eigenvalue weighted by atomic mass is 10.1. The predicted molar refractivity (Wildman–Crippen MR) is 125 cm³/mol. The van der Waals surface area contributed by atoms with Gasteiger partial charge in [0.2, 0.25) is 11.7 Å². The number of rotatable bonds is 6. The Balaban J connectivity index is 1.51. The number of aromatic amines is 1. The molecule has 0 aliphatic carbocycles. The fourth-order valence-electron chi connectivity index (χ4n) is 3.37. The van der Waals surface area contributed by atoms with Crippen molar-refractivity contribution in [3.63, 3.8) is 0 Å². The summed E-state index contributed by atoms with van der Waals surface area (Å²) >= 11 is 7.60. The van der Waals surface area contributed by atoms with E-state index in [9.17, 15) is 4.79 Å². The number of halogens is 1. The number of thioether (sulfide) groups is 1. The van der Waals surface area contributed by atoms with Crippen molar-refractivity contribution >= 4 is 34.4 Å². The van der Waals surface area contributed by atoms with Gasteiger partial charge >= 0.3 is 0 Å². The molecule has 1 N–H and O–H groups in total. The van der Waals surface area contributed by atoms with Gasteiger partial charge in [-0.3, -0.25) is 14.5 Å². The molecule has 0 bridgehead atoms. The Labute approximate surface area is 196 Å². The van der Waals surface area contributed by atoms with E-state index in [0.717, 1.165) is 11.1 Å². The largest absolute Gasteiger partial charge is 0.495 e. The summed E-state index contributed by atoms with van der Waals surface area (Å²) in [6.45, 7) is 1.99. The molecule has 0 aliphatic heterocycles. The SMILES string of the molecule is COc1ccc(-n2c(SCc3nc(-c4ccccc4C)no3)nc3[nH]ncc3c2=O)cc1Cl. The number of nitrogens with one attached hydrogen (secondary N) is 1. The van der Waals surface area contributed by atoms with E-state index in [1.165, 1.54) is 29.6 Å². The maximum Gasteiger partial charge on any atom is 0.269 e. The van der Waals surface area contributed by atoms with Crippen LogP contribution in [-0.4, -0.2) is 37.0 Å². The molecule has 2 aromatic carbocycles. The van der Waals surface area contributed by atoms with Gasteiger partial charge in [0.25, 0.3) is 5.56 Å². The number of ether oxygens (including phenoxy) is 1. The van der Waals surface area contributed by atoms with Crippen LogP contribution in [0.5, 0.6) is 5.75 Å². The number of fused-ring (bicyclic) bond motifs is 1. The maximum atomic E-state index is 13.2. The molecule has 11 heteroatoms. The number of nitrogens with zero attached hydrogens (tertiary/aromatic N) is 5. The number of H-pyrrole nitrogens is 1. The highest BCUT2D eigenvalue weighted by molar-refractivity contribution is 7.98. The number of hydrogen-bond donors (Lipinski definition) is 1. The van der Waals surface area contributed by atoms with Crippen molar-refractivity contribution in [1.82, 2.24) is 29.9 Å². The van der Waals surface area contributed by atoms with Gasteiger partial charge in [-0.1, -0.05) is 52.8 Å². The Morgan fingerprint density at radius 3 is 2.85 bits per heavy atom. The molecule has 0 saturated carbocycles. The van der Waals surface area contributed by atoms with Crippen LogP contribution in [0.15, 0.2) is 63.1 Å². The molecular weight excluding hydrogens is 464 g/mol. The van der Waals surface area contributed by atoms with Gasteiger partial charge in [-0.05, 0) is 30.7 Å². The van der Waals surface area contributed by atoms with E-state index in [2.05, 4.69) is 25.3 Å². The molecule has 0 atom stereocenters. The van der Waals surface area contributed by atoms with E-state index in [1.54, 1.807) is 18.2 Å². The standard InChI is InChI=1S/C22H17ClN6O3S/c1-12-5-3-4-6-14(12)20-25-18(32-28-20)11-33-22-26-19-15(10-24-27-19)21(30)29(22)13-7-8-17(31-2)16(23)9-13/h3-10H,11H2,1-2H3,(H,24,27). The van der Waals surface area contributed by atoms with Crippen LogP contribution >= 0.6 is 23.4 Å². The van der Waals surface area contributed by atoms with E-state index >= 15 is 0 Å². The van der Waals surface area contributed by atoms with E-state index in [1.807, 2.05) is 31.2 Å². The van der Waals surface area contributed by atoms with Crippen LogP contribution in [0.2, 0.25) is 5.02 Å². The molecule has 3 heterocycles. The van der Waals surface area contributed by atoms with E-state index < -0.39 is 0 Å². The first-order chi connectivity index (χ1) is 16.0. The normalized spacial score (nSPS) is 11.2. The van der Waals surface area contributed by atoms with Crippen molar-refractivity contribution in [3.8, 4) is 22.8 Å². The lowest BCUT2D eigenvalue weighted by Crippen LogP contribution is -2.21. The second-order valence-electron chi connectivity index (χ2n) is 7.10. The average Bonchev–Trinajstić information content (AvgIpc) is 3.48. The monoisotopic (exact) mass is 480 g/mol. The lowest BCUT2D eigenvalue weighted by Gasteiger charge is -2.12. The average molecular weight is 481 g/mol. The molecule has 33 heavy (non-hydrogen) atoms. The van der Waals surface area contributed by atoms with Gasteiger partial charge in [-0.15, -0.1) is 0 Å². The first kappa shape index (κ1) is 21.2. The van der Waals surface area contributed by atoms with Crippen molar-refractivity contribution in [3.05, 3.63) is 75.5 Å². The minimum absolute atomic E-state index is 0.274. The third-order valence-electron chi connectivity index (χ3n) is 5.02. The molecule has 0 aliphatic rings. The van der Waals surface area contributed by atoms with Gasteiger partial charge in [0.15, 0.2) is 10.8 Å². The second-order valence-corrected chi connectivity index (χ2v) is 8.45. The Morgan fingerprint density at radius 2 is 2.06 bits per heavy atom. The topological polar surface area (TPSA) is 112 Å². The van der Waals surface area contributed by atoms with E-state index in [-0.39, 0.29) is 5.56 Å². The summed E-state index contributed by atoms with van der Waals surface area (Å²) in [5.41, 5.74) is 2.62. The van der Waals surface area contributed by atoms with Crippen LogP contribution in [-0.2, 0) is 5.75 Å². The number of aryl methyl sites for hydroxylation is 1. The first-order valence-electron chi connectivity index (χ1n) is 9.86. The lowest BCUT2D eigenvalue weighted by molar-refractivity contribution is 0.391. The molecule has 0 fully saturated rings. The zero-order chi connectivity index (χ0) is 22.9. The maximum absolute atomic E-state index is 13.2. The van der Waals surface area contributed by atoms with Gasteiger partial charge < -0.3 is 9.26 Å².